The lowest BCUT2D eigenvalue weighted by Gasteiger charge is -2.19. The van der Waals surface area contributed by atoms with Gasteiger partial charge < -0.3 is 14.7 Å². The number of carboxylic acids is 1. The van der Waals surface area contributed by atoms with Crippen LogP contribution < -0.4 is 4.74 Å². The quantitative estimate of drug-likeness (QED) is 0.881. The van der Waals surface area contributed by atoms with Crippen molar-refractivity contribution in [3.63, 3.8) is 0 Å². The van der Waals surface area contributed by atoms with Crippen LogP contribution in [0.15, 0.2) is 18.2 Å². The first-order valence-electron chi connectivity index (χ1n) is 5.55. The molecule has 1 amide bonds. The Morgan fingerprint density at radius 1 is 1.33 bits per heavy atom. The maximum Gasteiger partial charge on any atom is 0.336 e. The monoisotopic (exact) mass is 251 g/mol. The fourth-order valence-electron chi connectivity index (χ4n) is 1.58. The van der Waals surface area contributed by atoms with E-state index in [0.717, 1.165) is 0 Å². The molecule has 0 spiro atoms. The molecule has 0 aliphatic carbocycles. The molecule has 98 valence electrons. The molecule has 0 aliphatic rings. The minimum atomic E-state index is -1.01. The highest BCUT2D eigenvalue weighted by atomic mass is 16.5. The van der Waals surface area contributed by atoms with Crippen LogP contribution in [-0.4, -0.2) is 42.1 Å². The standard InChI is InChI=1S/C13H17NO4/c1-8-10(13(16)17)6-5-7-11(8)18-9(2)12(15)14(3)4/h5-7,9H,1-4H3,(H,16,17). The van der Waals surface area contributed by atoms with Crippen molar-refractivity contribution in [1.82, 2.24) is 4.90 Å². The van der Waals surface area contributed by atoms with Crippen molar-refractivity contribution < 1.29 is 19.4 Å². The highest BCUT2D eigenvalue weighted by Gasteiger charge is 2.19. The summed E-state index contributed by atoms with van der Waals surface area (Å²) in [4.78, 5) is 24.1. The van der Waals surface area contributed by atoms with Crippen molar-refractivity contribution in [1.29, 1.82) is 0 Å². The van der Waals surface area contributed by atoms with E-state index < -0.39 is 12.1 Å². The molecule has 1 atom stereocenters. The van der Waals surface area contributed by atoms with E-state index >= 15 is 0 Å². The lowest BCUT2D eigenvalue weighted by atomic mass is 10.1. The number of benzene rings is 1. The third-order valence-corrected chi connectivity index (χ3v) is 2.61. The van der Waals surface area contributed by atoms with Gasteiger partial charge in [0.05, 0.1) is 5.56 Å². The second-order valence-corrected chi connectivity index (χ2v) is 4.23. The average molecular weight is 251 g/mol. The van der Waals surface area contributed by atoms with Crippen LogP contribution in [0.25, 0.3) is 0 Å². The molecule has 1 aromatic carbocycles. The normalized spacial score (nSPS) is 11.8. The van der Waals surface area contributed by atoms with E-state index in [9.17, 15) is 9.59 Å². The summed E-state index contributed by atoms with van der Waals surface area (Å²) >= 11 is 0. The van der Waals surface area contributed by atoms with Crippen LogP contribution in [0.1, 0.15) is 22.8 Å². The Kier molecular flexibility index (Phi) is 4.31. The number of ether oxygens (including phenoxy) is 1. The summed E-state index contributed by atoms with van der Waals surface area (Å²) < 4.78 is 5.50. The first kappa shape index (κ1) is 14.0. The van der Waals surface area contributed by atoms with Gasteiger partial charge in [0, 0.05) is 19.7 Å². The molecule has 18 heavy (non-hydrogen) atoms. The molecule has 0 aliphatic heterocycles. The number of aromatic carboxylic acids is 1. The number of hydrogen-bond donors (Lipinski definition) is 1. The van der Waals surface area contributed by atoms with Gasteiger partial charge in [-0.15, -0.1) is 0 Å². The lowest BCUT2D eigenvalue weighted by Crippen LogP contribution is -2.35. The van der Waals surface area contributed by atoms with Crippen molar-refractivity contribution in [2.24, 2.45) is 0 Å². The topological polar surface area (TPSA) is 66.8 Å². The first-order valence-corrected chi connectivity index (χ1v) is 5.55. The van der Waals surface area contributed by atoms with Crippen LogP contribution in [0, 0.1) is 6.92 Å². The van der Waals surface area contributed by atoms with Crippen LogP contribution in [-0.2, 0) is 4.79 Å². The average Bonchev–Trinajstić information content (AvgIpc) is 2.30. The maximum absolute atomic E-state index is 11.7. The fraction of sp³-hybridized carbons (Fsp3) is 0.385. The molecular formula is C13H17NO4. The highest BCUT2D eigenvalue weighted by molar-refractivity contribution is 5.90. The largest absolute Gasteiger partial charge is 0.481 e. The molecule has 0 fully saturated rings. The number of carboxylic acid groups (broad SMARTS) is 1. The van der Waals surface area contributed by atoms with Gasteiger partial charge in [-0.3, -0.25) is 4.79 Å². The Morgan fingerprint density at radius 2 is 1.94 bits per heavy atom. The van der Waals surface area contributed by atoms with Gasteiger partial charge in [0.1, 0.15) is 5.75 Å². The smallest absolute Gasteiger partial charge is 0.336 e. The van der Waals surface area contributed by atoms with Crippen LogP contribution in [0.2, 0.25) is 0 Å². The lowest BCUT2D eigenvalue weighted by molar-refractivity contribution is -0.135. The SMILES string of the molecule is Cc1c(OC(C)C(=O)N(C)C)cccc1C(=O)O. The zero-order valence-electron chi connectivity index (χ0n) is 10.9. The number of likely N-dealkylation sites (N-methyl/N-ethyl adjacent to an activating group) is 1. The summed E-state index contributed by atoms with van der Waals surface area (Å²) in [5, 5.41) is 8.99. The molecular weight excluding hydrogens is 234 g/mol. The van der Waals surface area contributed by atoms with Crippen molar-refractivity contribution >= 4 is 11.9 Å². The third kappa shape index (κ3) is 3.00. The third-order valence-electron chi connectivity index (χ3n) is 2.61. The Hall–Kier alpha value is -2.04. The van der Waals surface area contributed by atoms with Gasteiger partial charge >= 0.3 is 5.97 Å². The van der Waals surface area contributed by atoms with E-state index in [2.05, 4.69) is 0 Å². The van der Waals surface area contributed by atoms with Crippen LogP contribution >= 0.6 is 0 Å². The van der Waals surface area contributed by atoms with Crippen LogP contribution in [0.3, 0.4) is 0 Å². The Labute approximate surface area is 106 Å². The molecule has 1 N–H and O–H groups in total. The minimum Gasteiger partial charge on any atom is -0.481 e. The molecule has 5 nitrogen and oxygen atoms in total. The molecule has 0 radical (unpaired) electrons. The molecule has 0 bridgehead atoms. The van der Waals surface area contributed by atoms with Gasteiger partial charge in [-0.2, -0.15) is 0 Å². The van der Waals surface area contributed by atoms with E-state index in [1.165, 1.54) is 11.0 Å². The zero-order valence-corrected chi connectivity index (χ0v) is 10.9. The van der Waals surface area contributed by atoms with E-state index in [4.69, 9.17) is 9.84 Å². The van der Waals surface area contributed by atoms with Crippen molar-refractivity contribution in [3.05, 3.63) is 29.3 Å². The fourth-order valence-corrected chi connectivity index (χ4v) is 1.58. The molecule has 5 heteroatoms. The second-order valence-electron chi connectivity index (χ2n) is 4.23. The Morgan fingerprint density at radius 3 is 2.44 bits per heavy atom. The minimum absolute atomic E-state index is 0.171. The second kappa shape index (κ2) is 5.53. The van der Waals surface area contributed by atoms with Crippen molar-refractivity contribution in [2.45, 2.75) is 20.0 Å². The number of rotatable bonds is 4. The van der Waals surface area contributed by atoms with Crippen molar-refractivity contribution in [3.8, 4) is 5.75 Å². The summed E-state index contributed by atoms with van der Waals surface area (Å²) in [6.45, 7) is 3.29. The summed E-state index contributed by atoms with van der Waals surface area (Å²) in [5.41, 5.74) is 0.695. The van der Waals surface area contributed by atoms with E-state index in [1.807, 2.05) is 0 Å². The molecule has 0 saturated heterocycles. The summed E-state index contributed by atoms with van der Waals surface area (Å²) in [6.07, 6.45) is -0.650. The zero-order chi connectivity index (χ0) is 13.9. The summed E-state index contributed by atoms with van der Waals surface area (Å²) in [5.74, 6) is -0.766. The molecule has 1 aromatic rings. The van der Waals surface area contributed by atoms with Gasteiger partial charge in [-0.05, 0) is 26.0 Å². The number of nitrogens with zero attached hydrogens (tertiary/aromatic N) is 1. The number of carbonyl (C=O) groups excluding carboxylic acids is 1. The number of hydrogen-bond acceptors (Lipinski definition) is 3. The molecule has 1 unspecified atom stereocenters. The first-order chi connectivity index (χ1) is 8.34. The Bertz CT molecular complexity index is 468. The van der Waals surface area contributed by atoms with E-state index in [1.54, 1.807) is 40.1 Å². The van der Waals surface area contributed by atoms with Crippen LogP contribution in [0.4, 0.5) is 0 Å². The van der Waals surface area contributed by atoms with Gasteiger partial charge in [0.2, 0.25) is 0 Å². The van der Waals surface area contributed by atoms with E-state index in [-0.39, 0.29) is 11.5 Å². The van der Waals surface area contributed by atoms with Gasteiger partial charge in [0.25, 0.3) is 5.91 Å². The van der Waals surface area contributed by atoms with E-state index in [0.29, 0.717) is 11.3 Å². The van der Waals surface area contributed by atoms with Gasteiger partial charge in [0.15, 0.2) is 6.10 Å². The van der Waals surface area contributed by atoms with Crippen LogP contribution in [0.5, 0.6) is 5.75 Å². The highest BCUT2D eigenvalue weighted by Crippen LogP contribution is 2.22. The molecule has 0 saturated carbocycles. The molecule has 1 rings (SSSR count). The number of carbonyl (C=O) groups is 2. The van der Waals surface area contributed by atoms with Crippen molar-refractivity contribution in [2.75, 3.05) is 14.1 Å². The van der Waals surface area contributed by atoms with Gasteiger partial charge in [-0.25, -0.2) is 4.79 Å². The Balaban J connectivity index is 2.95. The van der Waals surface area contributed by atoms with Gasteiger partial charge in [-0.1, -0.05) is 6.07 Å². The predicted molar refractivity (Wildman–Crippen MR) is 66.9 cm³/mol. The molecule has 0 aromatic heterocycles. The number of amides is 1. The maximum atomic E-state index is 11.7. The summed E-state index contributed by atoms with van der Waals surface area (Å²) in [6, 6.07) is 4.75. The summed E-state index contributed by atoms with van der Waals surface area (Å²) in [7, 11) is 3.28. The predicted octanol–water partition coefficient (Wildman–Crippen LogP) is 1.55. The molecule has 0 heterocycles.